The number of aliphatic hydroxyl groups is 1. The van der Waals surface area contributed by atoms with Crippen molar-refractivity contribution in [3.8, 4) is 5.75 Å². The first-order valence-corrected chi connectivity index (χ1v) is 11.6. The van der Waals surface area contributed by atoms with Gasteiger partial charge in [0.1, 0.15) is 11.5 Å². The molecule has 0 aliphatic carbocycles. The quantitative estimate of drug-likeness (QED) is 0.227. The fourth-order valence-corrected chi connectivity index (χ4v) is 4.03. The molecule has 170 valence electrons. The van der Waals surface area contributed by atoms with Gasteiger partial charge in [0.15, 0.2) is 0 Å². The van der Waals surface area contributed by atoms with Gasteiger partial charge in [-0.3, -0.25) is 9.59 Å². The predicted octanol–water partition coefficient (Wildman–Crippen LogP) is 5.65. The Kier molecular flexibility index (Phi) is 8.09. The second-order valence-corrected chi connectivity index (χ2v) is 8.17. The topological polar surface area (TPSA) is 66.8 Å². The van der Waals surface area contributed by atoms with Gasteiger partial charge in [0.25, 0.3) is 11.7 Å². The van der Waals surface area contributed by atoms with Crippen molar-refractivity contribution < 1.29 is 19.4 Å². The third kappa shape index (κ3) is 5.04. The van der Waals surface area contributed by atoms with Crippen LogP contribution in [0.3, 0.4) is 0 Å². The number of benzene rings is 2. The van der Waals surface area contributed by atoms with Crippen LogP contribution >= 0.6 is 0 Å². The minimum atomic E-state index is -0.636. The molecule has 5 nitrogen and oxygen atoms in total. The number of hydrogen-bond acceptors (Lipinski definition) is 4. The Labute approximate surface area is 190 Å². The molecule has 1 fully saturated rings. The minimum Gasteiger partial charge on any atom is -0.507 e. The van der Waals surface area contributed by atoms with Crippen LogP contribution in [0.4, 0.5) is 0 Å². The largest absolute Gasteiger partial charge is 0.507 e. The average molecular weight is 436 g/mol. The molecule has 1 aliphatic heterocycles. The molecule has 0 saturated carbocycles. The molecule has 32 heavy (non-hydrogen) atoms. The Hall–Kier alpha value is -3.08. The number of rotatable bonds is 10. The van der Waals surface area contributed by atoms with Crippen molar-refractivity contribution in [2.24, 2.45) is 0 Å². The van der Waals surface area contributed by atoms with E-state index in [0.29, 0.717) is 24.5 Å². The van der Waals surface area contributed by atoms with Crippen molar-refractivity contribution in [2.45, 2.75) is 58.9 Å². The number of hydrogen-bond donors (Lipinski definition) is 1. The van der Waals surface area contributed by atoms with Crippen LogP contribution in [0.5, 0.6) is 5.75 Å². The molecule has 1 N–H and O–H groups in total. The molecule has 0 radical (unpaired) electrons. The Balaban J connectivity index is 2.07. The van der Waals surface area contributed by atoms with Crippen LogP contribution in [0.15, 0.2) is 54.1 Å². The molecular weight excluding hydrogens is 402 g/mol. The summed E-state index contributed by atoms with van der Waals surface area (Å²) in [6, 6.07) is 14.4. The molecule has 0 aromatic heterocycles. The number of carbonyl (C=O) groups is 2. The molecule has 2 aromatic rings. The van der Waals surface area contributed by atoms with Crippen molar-refractivity contribution in [3.05, 3.63) is 70.8 Å². The molecule has 5 heteroatoms. The highest BCUT2D eigenvalue weighted by atomic mass is 16.5. The van der Waals surface area contributed by atoms with E-state index in [-0.39, 0.29) is 11.3 Å². The van der Waals surface area contributed by atoms with Gasteiger partial charge in [-0.2, -0.15) is 0 Å². The van der Waals surface area contributed by atoms with E-state index in [1.807, 2.05) is 37.3 Å². The van der Waals surface area contributed by atoms with Crippen molar-refractivity contribution in [2.75, 3.05) is 13.2 Å². The van der Waals surface area contributed by atoms with Gasteiger partial charge >= 0.3 is 0 Å². The summed E-state index contributed by atoms with van der Waals surface area (Å²) in [5.41, 5.74) is 2.62. The first kappa shape index (κ1) is 23.6. The number of aryl methyl sites for hydroxylation is 1. The highest BCUT2D eigenvalue weighted by Crippen LogP contribution is 2.40. The summed E-state index contributed by atoms with van der Waals surface area (Å²) in [5.74, 6) is -0.723. The van der Waals surface area contributed by atoms with Crippen LogP contribution in [0.25, 0.3) is 5.76 Å². The number of likely N-dealkylation sites (tertiary alicyclic amines) is 1. The summed E-state index contributed by atoms with van der Waals surface area (Å²) < 4.78 is 5.68. The molecule has 1 aliphatic rings. The molecule has 1 saturated heterocycles. The number of ether oxygens (including phenoxy) is 1. The number of amides is 1. The number of unbranched alkanes of at least 4 members (excludes halogenated alkanes) is 2. The van der Waals surface area contributed by atoms with Crippen molar-refractivity contribution >= 4 is 17.4 Å². The second-order valence-electron chi connectivity index (χ2n) is 8.17. The SMILES string of the molecule is CCCCCN1C(=O)C(=O)/C(=C(\O)c2cccc(OCCC)c2)C1c1ccc(CC)cc1. The maximum absolute atomic E-state index is 13.1. The van der Waals surface area contributed by atoms with E-state index < -0.39 is 17.7 Å². The van der Waals surface area contributed by atoms with Gasteiger partial charge in [-0.25, -0.2) is 0 Å². The lowest BCUT2D eigenvalue weighted by Gasteiger charge is -2.25. The fourth-order valence-electron chi connectivity index (χ4n) is 4.03. The molecule has 1 amide bonds. The van der Waals surface area contributed by atoms with Crippen LogP contribution in [0.1, 0.15) is 69.2 Å². The average Bonchev–Trinajstić information content (AvgIpc) is 3.07. The molecule has 3 rings (SSSR count). The number of nitrogens with zero attached hydrogens (tertiary/aromatic N) is 1. The minimum absolute atomic E-state index is 0.142. The van der Waals surface area contributed by atoms with Crippen molar-refractivity contribution in [1.82, 2.24) is 4.90 Å². The summed E-state index contributed by atoms with van der Waals surface area (Å²) in [6.45, 7) is 7.25. The van der Waals surface area contributed by atoms with Crippen LogP contribution in [0.2, 0.25) is 0 Å². The normalized spacial score (nSPS) is 17.7. The number of aliphatic hydroxyl groups excluding tert-OH is 1. The van der Waals surface area contributed by atoms with Gasteiger partial charge in [0.2, 0.25) is 0 Å². The fraction of sp³-hybridized carbons (Fsp3) is 0.407. The van der Waals surface area contributed by atoms with E-state index in [1.165, 1.54) is 5.56 Å². The van der Waals surface area contributed by atoms with E-state index >= 15 is 0 Å². The highest BCUT2D eigenvalue weighted by molar-refractivity contribution is 6.46. The van der Waals surface area contributed by atoms with Gasteiger partial charge in [0, 0.05) is 12.1 Å². The molecule has 2 aromatic carbocycles. The zero-order chi connectivity index (χ0) is 23.1. The van der Waals surface area contributed by atoms with Crippen LogP contribution < -0.4 is 4.74 Å². The zero-order valence-corrected chi connectivity index (χ0v) is 19.3. The van der Waals surface area contributed by atoms with E-state index in [0.717, 1.165) is 37.7 Å². The first-order chi connectivity index (χ1) is 15.5. The summed E-state index contributed by atoms with van der Waals surface area (Å²) in [7, 11) is 0. The lowest BCUT2D eigenvalue weighted by atomic mass is 9.94. The summed E-state index contributed by atoms with van der Waals surface area (Å²) in [4.78, 5) is 27.7. The molecule has 1 atom stereocenters. The third-order valence-electron chi connectivity index (χ3n) is 5.83. The highest BCUT2D eigenvalue weighted by Gasteiger charge is 2.45. The zero-order valence-electron chi connectivity index (χ0n) is 19.3. The van der Waals surface area contributed by atoms with Crippen LogP contribution in [0, 0.1) is 0 Å². The van der Waals surface area contributed by atoms with E-state index in [4.69, 9.17) is 4.74 Å². The molecule has 1 heterocycles. The number of ketones is 1. The van der Waals surface area contributed by atoms with Gasteiger partial charge in [-0.05, 0) is 42.5 Å². The molecular formula is C27H33NO4. The lowest BCUT2D eigenvalue weighted by Crippen LogP contribution is -2.30. The third-order valence-corrected chi connectivity index (χ3v) is 5.83. The first-order valence-electron chi connectivity index (χ1n) is 11.6. The van der Waals surface area contributed by atoms with E-state index in [2.05, 4.69) is 13.8 Å². The molecule has 0 bridgehead atoms. The smallest absolute Gasteiger partial charge is 0.295 e. The van der Waals surface area contributed by atoms with Crippen molar-refractivity contribution in [3.63, 3.8) is 0 Å². The van der Waals surface area contributed by atoms with Gasteiger partial charge in [-0.15, -0.1) is 0 Å². The lowest BCUT2D eigenvalue weighted by molar-refractivity contribution is -0.139. The van der Waals surface area contributed by atoms with E-state index in [9.17, 15) is 14.7 Å². The molecule has 0 spiro atoms. The van der Waals surface area contributed by atoms with Gasteiger partial charge in [-0.1, -0.05) is 70.0 Å². The van der Waals surface area contributed by atoms with Gasteiger partial charge in [0.05, 0.1) is 18.2 Å². The maximum Gasteiger partial charge on any atom is 0.295 e. The second kappa shape index (κ2) is 11.0. The summed E-state index contributed by atoms with van der Waals surface area (Å²) in [5, 5.41) is 11.2. The Morgan fingerprint density at radius 3 is 2.41 bits per heavy atom. The summed E-state index contributed by atoms with van der Waals surface area (Å²) in [6.07, 6.45) is 4.58. The Bertz CT molecular complexity index is 977. The molecule has 1 unspecified atom stereocenters. The predicted molar refractivity (Wildman–Crippen MR) is 127 cm³/mol. The number of Topliss-reactive ketones (excluding diaryl/α,β-unsaturated/α-hetero) is 1. The standard InChI is InChI=1S/C27H33NO4/c1-4-7-8-16-28-24(20-14-12-19(6-3)13-15-20)23(26(30)27(28)31)25(29)21-10-9-11-22(18-21)32-17-5-2/h9-15,18,24,29H,4-8,16-17H2,1-3H3/b25-23-. The number of carbonyl (C=O) groups excluding carboxylic acids is 2. The van der Waals surface area contributed by atoms with Crippen LogP contribution in [-0.2, 0) is 16.0 Å². The summed E-state index contributed by atoms with van der Waals surface area (Å²) >= 11 is 0. The van der Waals surface area contributed by atoms with E-state index in [1.54, 1.807) is 23.1 Å². The maximum atomic E-state index is 13.1. The monoisotopic (exact) mass is 435 g/mol. The van der Waals surface area contributed by atoms with Gasteiger partial charge < -0.3 is 14.7 Å². The Morgan fingerprint density at radius 1 is 1.00 bits per heavy atom. The Morgan fingerprint density at radius 2 is 1.75 bits per heavy atom. The van der Waals surface area contributed by atoms with Crippen LogP contribution in [-0.4, -0.2) is 34.8 Å². The van der Waals surface area contributed by atoms with Crippen molar-refractivity contribution in [1.29, 1.82) is 0 Å².